The molecule has 4 rings (SSSR count). The Morgan fingerprint density at radius 1 is 1.19 bits per heavy atom. The van der Waals surface area contributed by atoms with Crippen LogP contribution >= 0.6 is 23.1 Å². The molecule has 0 atom stereocenters. The third-order valence-corrected chi connectivity index (χ3v) is 6.33. The van der Waals surface area contributed by atoms with E-state index in [4.69, 9.17) is 4.74 Å². The van der Waals surface area contributed by atoms with Gasteiger partial charge in [0.2, 0.25) is 0 Å². The van der Waals surface area contributed by atoms with Crippen molar-refractivity contribution in [3.05, 3.63) is 66.5 Å². The normalized spacial score (nSPS) is 10.9. The highest BCUT2D eigenvalue weighted by atomic mass is 32.2. The number of rotatable bonds is 7. The maximum atomic E-state index is 12.7. The van der Waals surface area contributed by atoms with Crippen molar-refractivity contribution >= 4 is 50.3 Å². The summed E-state index contributed by atoms with van der Waals surface area (Å²) in [5.74, 6) is -0.869. The van der Waals surface area contributed by atoms with Gasteiger partial charge in [0, 0.05) is 24.6 Å². The zero-order valence-electron chi connectivity index (χ0n) is 17.0. The number of anilines is 1. The van der Waals surface area contributed by atoms with Gasteiger partial charge in [-0.05, 0) is 43.5 Å². The van der Waals surface area contributed by atoms with Crippen molar-refractivity contribution in [3.63, 3.8) is 0 Å². The van der Waals surface area contributed by atoms with Crippen molar-refractivity contribution in [2.75, 3.05) is 24.3 Å². The van der Waals surface area contributed by atoms with Gasteiger partial charge in [0.25, 0.3) is 5.91 Å². The fraction of sp³-hybridized carbons (Fsp3) is 0.182. The van der Waals surface area contributed by atoms with Crippen LogP contribution in [0.3, 0.4) is 0 Å². The topological polar surface area (TPSA) is 77.3 Å². The monoisotopic (exact) mass is 452 g/mol. The highest BCUT2D eigenvalue weighted by molar-refractivity contribution is 7.98. The molecule has 4 aromatic rings. The van der Waals surface area contributed by atoms with Crippen LogP contribution in [0.15, 0.2) is 66.1 Å². The molecule has 158 valence electrons. The molecule has 0 saturated carbocycles. The number of para-hydroxylation sites is 1. The number of benzene rings is 2. The molecule has 0 N–H and O–H groups in total. The van der Waals surface area contributed by atoms with E-state index in [-0.39, 0.29) is 12.5 Å². The predicted molar refractivity (Wildman–Crippen MR) is 123 cm³/mol. The second kappa shape index (κ2) is 9.32. The minimum absolute atomic E-state index is 0.315. The number of hydrogen-bond acceptors (Lipinski definition) is 7. The Morgan fingerprint density at radius 2 is 2.03 bits per heavy atom. The second-order valence-corrected chi connectivity index (χ2v) is 8.30. The van der Waals surface area contributed by atoms with E-state index in [9.17, 15) is 9.59 Å². The van der Waals surface area contributed by atoms with E-state index in [1.165, 1.54) is 28.0 Å². The molecule has 9 heteroatoms. The lowest BCUT2D eigenvalue weighted by atomic mass is 10.2. The van der Waals surface area contributed by atoms with Crippen molar-refractivity contribution in [1.29, 1.82) is 0 Å². The number of carbonyl (C=O) groups is 2. The molecular formula is C22H20N4O3S2. The van der Waals surface area contributed by atoms with Crippen LogP contribution in [0, 0.1) is 0 Å². The van der Waals surface area contributed by atoms with E-state index < -0.39 is 5.97 Å². The highest BCUT2D eigenvalue weighted by Crippen LogP contribution is 2.28. The largest absolute Gasteiger partial charge is 0.452 e. The maximum Gasteiger partial charge on any atom is 0.338 e. The van der Waals surface area contributed by atoms with E-state index in [1.807, 2.05) is 54.3 Å². The van der Waals surface area contributed by atoms with Gasteiger partial charge in [-0.25, -0.2) is 14.8 Å². The van der Waals surface area contributed by atoms with E-state index in [1.54, 1.807) is 24.4 Å². The molecule has 0 unspecified atom stereocenters. The van der Waals surface area contributed by atoms with Crippen molar-refractivity contribution < 1.29 is 14.3 Å². The zero-order valence-corrected chi connectivity index (χ0v) is 18.7. The molecule has 0 bridgehead atoms. The molecule has 0 aliphatic heterocycles. The molecule has 0 aliphatic carbocycles. The summed E-state index contributed by atoms with van der Waals surface area (Å²) in [5, 5.41) is 1.41. The lowest BCUT2D eigenvalue weighted by molar-refractivity contribution is -0.121. The van der Waals surface area contributed by atoms with Crippen molar-refractivity contribution in [3.8, 4) is 5.69 Å². The van der Waals surface area contributed by atoms with Gasteiger partial charge in [0.05, 0.1) is 15.8 Å². The highest BCUT2D eigenvalue weighted by Gasteiger charge is 2.20. The van der Waals surface area contributed by atoms with E-state index in [0.29, 0.717) is 17.2 Å². The zero-order chi connectivity index (χ0) is 21.8. The third kappa shape index (κ3) is 4.47. The molecule has 2 heterocycles. The minimum atomic E-state index is -0.554. The molecule has 1 amide bonds. The Hall–Kier alpha value is -3.17. The fourth-order valence-corrected chi connectivity index (χ4v) is 4.68. The first-order valence-electron chi connectivity index (χ1n) is 9.61. The molecule has 31 heavy (non-hydrogen) atoms. The van der Waals surface area contributed by atoms with Gasteiger partial charge in [-0.1, -0.05) is 41.3 Å². The van der Waals surface area contributed by atoms with Crippen LogP contribution in [0.1, 0.15) is 17.3 Å². The van der Waals surface area contributed by atoms with Gasteiger partial charge < -0.3 is 4.74 Å². The molecule has 0 saturated heterocycles. The molecule has 7 nitrogen and oxygen atoms in total. The summed E-state index contributed by atoms with van der Waals surface area (Å²) in [6, 6.07) is 14.8. The molecule has 0 fully saturated rings. The van der Waals surface area contributed by atoms with Crippen LogP contribution in [-0.4, -0.2) is 45.8 Å². The number of nitrogens with zero attached hydrogens (tertiary/aromatic N) is 4. The van der Waals surface area contributed by atoms with Crippen LogP contribution < -0.4 is 4.90 Å². The number of fused-ring (bicyclic) bond motifs is 1. The number of imidazole rings is 1. The lowest BCUT2D eigenvalue weighted by Gasteiger charge is -2.17. The average Bonchev–Trinajstić information content (AvgIpc) is 3.44. The fourth-order valence-electron chi connectivity index (χ4n) is 3.10. The second-order valence-electron chi connectivity index (χ2n) is 6.51. The van der Waals surface area contributed by atoms with E-state index in [0.717, 1.165) is 21.1 Å². The van der Waals surface area contributed by atoms with E-state index in [2.05, 4.69) is 9.97 Å². The average molecular weight is 453 g/mol. The van der Waals surface area contributed by atoms with Crippen LogP contribution in [0.4, 0.5) is 5.13 Å². The SMILES string of the molecule is CCN(C(=O)COC(=O)c1cccc(-n2ccnc2SC)c1)c1nc2ccccc2s1. The standard InChI is InChI=1S/C22H20N4O3S2/c1-3-25(22-24-17-9-4-5-10-18(17)31-22)19(27)14-29-20(28)15-7-6-8-16(13-15)26-12-11-23-21(26)30-2/h4-13H,3,14H2,1-2H3. The van der Waals surface area contributed by atoms with Gasteiger partial charge in [-0.2, -0.15) is 0 Å². The number of carbonyl (C=O) groups excluding carboxylic acids is 2. The van der Waals surface area contributed by atoms with Gasteiger partial charge in [0.1, 0.15) is 0 Å². The minimum Gasteiger partial charge on any atom is -0.452 e. The summed E-state index contributed by atoms with van der Waals surface area (Å²) in [7, 11) is 0. The molecule has 0 aliphatic rings. The van der Waals surface area contributed by atoms with Crippen molar-refractivity contribution in [1.82, 2.24) is 14.5 Å². The lowest BCUT2D eigenvalue weighted by Crippen LogP contribution is -2.34. The quantitative estimate of drug-likeness (QED) is 0.305. The number of aromatic nitrogens is 3. The van der Waals surface area contributed by atoms with Crippen LogP contribution in [0.25, 0.3) is 15.9 Å². The Labute approximate surface area is 187 Å². The van der Waals surface area contributed by atoms with Crippen LogP contribution in [-0.2, 0) is 9.53 Å². The molecule has 0 spiro atoms. The Morgan fingerprint density at radius 3 is 2.81 bits per heavy atom. The number of esters is 1. The van der Waals surface area contributed by atoms with Crippen molar-refractivity contribution in [2.45, 2.75) is 12.1 Å². The summed E-state index contributed by atoms with van der Waals surface area (Å²) < 4.78 is 8.20. The number of hydrogen-bond donors (Lipinski definition) is 0. The van der Waals surface area contributed by atoms with Gasteiger partial charge in [0.15, 0.2) is 16.9 Å². The molecule has 0 radical (unpaired) electrons. The first kappa shape index (κ1) is 21.1. The molecular weight excluding hydrogens is 432 g/mol. The van der Waals surface area contributed by atoms with Gasteiger partial charge in [-0.3, -0.25) is 14.3 Å². The third-order valence-electron chi connectivity index (χ3n) is 4.61. The summed E-state index contributed by atoms with van der Waals surface area (Å²) in [6.07, 6.45) is 5.47. The summed E-state index contributed by atoms with van der Waals surface area (Å²) in [6.45, 7) is 1.95. The number of amides is 1. The van der Waals surface area contributed by atoms with Crippen LogP contribution in [0.5, 0.6) is 0 Å². The predicted octanol–water partition coefficient (Wildman–Crippen LogP) is 4.41. The van der Waals surface area contributed by atoms with Gasteiger partial charge >= 0.3 is 5.97 Å². The maximum absolute atomic E-state index is 12.7. The number of thioether (sulfide) groups is 1. The molecule has 2 aromatic heterocycles. The summed E-state index contributed by atoms with van der Waals surface area (Å²) in [4.78, 5) is 35.6. The Balaban J connectivity index is 1.45. The van der Waals surface area contributed by atoms with Crippen molar-refractivity contribution in [2.24, 2.45) is 0 Å². The number of likely N-dealkylation sites (N-methyl/N-ethyl adjacent to an activating group) is 1. The smallest absolute Gasteiger partial charge is 0.338 e. The first-order valence-corrected chi connectivity index (χ1v) is 11.7. The Kier molecular flexibility index (Phi) is 6.34. The first-order chi connectivity index (χ1) is 15.1. The van der Waals surface area contributed by atoms with Crippen LogP contribution in [0.2, 0.25) is 0 Å². The molecule has 2 aromatic carbocycles. The van der Waals surface area contributed by atoms with Gasteiger partial charge in [-0.15, -0.1) is 0 Å². The summed E-state index contributed by atoms with van der Waals surface area (Å²) in [5.41, 5.74) is 2.01. The number of ether oxygens (including phenoxy) is 1. The number of thiazole rings is 1. The summed E-state index contributed by atoms with van der Waals surface area (Å²) >= 11 is 2.95. The Bertz CT molecular complexity index is 1200. The van der Waals surface area contributed by atoms with E-state index >= 15 is 0 Å².